The molecule has 3 N–H and O–H groups in total. The minimum absolute atomic E-state index is 0.0286. The fourth-order valence-electron chi connectivity index (χ4n) is 1.34. The summed E-state index contributed by atoms with van der Waals surface area (Å²) in [4.78, 5) is 24.6. The molecule has 0 aliphatic carbocycles. The molecule has 5 nitrogen and oxygen atoms in total. The Morgan fingerprint density at radius 3 is 2.61 bits per heavy atom. The lowest BCUT2D eigenvalue weighted by Gasteiger charge is -2.11. The van der Waals surface area contributed by atoms with Crippen molar-refractivity contribution in [3.8, 4) is 0 Å². The Bertz CT molecular complexity index is 461. The van der Waals surface area contributed by atoms with Gasteiger partial charge in [0.1, 0.15) is 0 Å². The Balaban J connectivity index is 2.53. The van der Waals surface area contributed by atoms with E-state index in [4.69, 9.17) is 5.73 Å². The molecule has 0 bridgehead atoms. The molecule has 6 heteroatoms. The number of benzene rings is 1. The SMILES string of the molecule is CN(C)C(=O)CCNC(=O)c1ccc(Br)cc1N. The Labute approximate surface area is 114 Å². The van der Waals surface area contributed by atoms with Crippen molar-refractivity contribution in [2.45, 2.75) is 6.42 Å². The minimum Gasteiger partial charge on any atom is -0.398 e. The summed E-state index contributed by atoms with van der Waals surface area (Å²) in [6, 6.07) is 5.05. The van der Waals surface area contributed by atoms with Crippen molar-refractivity contribution in [2.24, 2.45) is 0 Å². The Morgan fingerprint density at radius 1 is 1.39 bits per heavy atom. The molecule has 0 unspecified atom stereocenters. The predicted molar refractivity (Wildman–Crippen MR) is 74.2 cm³/mol. The van der Waals surface area contributed by atoms with E-state index in [1.165, 1.54) is 4.90 Å². The van der Waals surface area contributed by atoms with Gasteiger partial charge in [-0.3, -0.25) is 9.59 Å². The largest absolute Gasteiger partial charge is 0.398 e. The zero-order valence-electron chi connectivity index (χ0n) is 10.4. The second-order valence-electron chi connectivity index (χ2n) is 4.03. The van der Waals surface area contributed by atoms with Crippen molar-refractivity contribution in [1.29, 1.82) is 0 Å². The number of nitrogens with two attached hydrogens (primary N) is 1. The summed E-state index contributed by atoms with van der Waals surface area (Å²) in [5, 5.41) is 2.66. The molecule has 1 aromatic rings. The lowest BCUT2D eigenvalue weighted by molar-refractivity contribution is -0.128. The topological polar surface area (TPSA) is 75.4 Å². The second kappa shape index (κ2) is 6.39. The molecular formula is C12H16BrN3O2. The van der Waals surface area contributed by atoms with Gasteiger partial charge in [0.25, 0.3) is 5.91 Å². The van der Waals surface area contributed by atoms with E-state index in [1.54, 1.807) is 32.3 Å². The Morgan fingerprint density at radius 2 is 2.06 bits per heavy atom. The van der Waals surface area contributed by atoms with Crippen LogP contribution in [0.4, 0.5) is 5.69 Å². The van der Waals surface area contributed by atoms with Gasteiger partial charge in [0.05, 0.1) is 5.56 Å². The summed E-state index contributed by atoms with van der Waals surface area (Å²) in [6.45, 7) is 0.297. The highest BCUT2D eigenvalue weighted by molar-refractivity contribution is 9.10. The van der Waals surface area contributed by atoms with Crippen molar-refractivity contribution in [3.63, 3.8) is 0 Å². The Kier molecular flexibility index (Phi) is 5.15. The number of hydrogen-bond donors (Lipinski definition) is 2. The third-order valence-electron chi connectivity index (χ3n) is 2.38. The van der Waals surface area contributed by atoms with Crippen LogP contribution in [0.1, 0.15) is 16.8 Å². The van der Waals surface area contributed by atoms with Gasteiger partial charge < -0.3 is 16.0 Å². The number of anilines is 1. The van der Waals surface area contributed by atoms with Gasteiger partial charge in [0, 0.05) is 37.2 Å². The van der Waals surface area contributed by atoms with E-state index in [1.807, 2.05) is 0 Å². The molecular weight excluding hydrogens is 298 g/mol. The van der Waals surface area contributed by atoms with Crippen LogP contribution >= 0.6 is 15.9 Å². The number of nitrogens with zero attached hydrogens (tertiary/aromatic N) is 1. The summed E-state index contributed by atoms with van der Waals surface area (Å²) in [6.07, 6.45) is 0.273. The van der Waals surface area contributed by atoms with Crippen LogP contribution in [0.2, 0.25) is 0 Å². The molecule has 0 spiro atoms. The highest BCUT2D eigenvalue weighted by Gasteiger charge is 2.10. The van der Waals surface area contributed by atoms with E-state index in [0.717, 1.165) is 4.47 Å². The normalized spacial score (nSPS) is 9.94. The van der Waals surface area contributed by atoms with Gasteiger partial charge in [-0.25, -0.2) is 0 Å². The standard InChI is InChI=1S/C12H16BrN3O2/c1-16(2)11(17)5-6-15-12(18)9-4-3-8(13)7-10(9)14/h3-4,7H,5-6,14H2,1-2H3,(H,15,18). The molecule has 0 aliphatic heterocycles. The first kappa shape index (κ1) is 14.5. The maximum atomic E-state index is 11.8. The van der Waals surface area contributed by atoms with E-state index >= 15 is 0 Å². The summed E-state index contributed by atoms with van der Waals surface area (Å²) in [7, 11) is 3.35. The van der Waals surface area contributed by atoms with Gasteiger partial charge in [0.2, 0.25) is 5.91 Å². The number of nitrogen functional groups attached to an aromatic ring is 1. The molecule has 0 radical (unpaired) electrons. The van der Waals surface area contributed by atoms with Gasteiger partial charge in [-0.1, -0.05) is 15.9 Å². The molecule has 0 heterocycles. The van der Waals surface area contributed by atoms with Crippen molar-refractivity contribution < 1.29 is 9.59 Å². The first-order chi connectivity index (χ1) is 8.41. The Hall–Kier alpha value is -1.56. The van der Waals surface area contributed by atoms with Crippen LogP contribution in [0.25, 0.3) is 0 Å². The van der Waals surface area contributed by atoms with Gasteiger partial charge in [0.15, 0.2) is 0 Å². The van der Waals surface area contributed by atoms with Gasteiger partial charge >= 0.3 is 0 Å². The first-order valence-corrected chi connectivity index (χ1v) is 6.24. The van der Waals surface area contributed by atoms with Crippen LogP contribution in [-0.4, -0.2) is 37.4 Å². The van der Waals surface area contributed by atoms with Crippen molar-refractivity contribution >= 4 is 33.4 Å². The molecule has 0 aromatic heterocycles. The van der Waals surface area contributed by atoms with E-state index in [0.29, 0.717) is 17.8 Å². The minimum atomic E-state index is -0.272. The highest BCUT2D eigenvalue weighted by atomic mass is 79.9. The molecule has 0 atom stereocenters. The van der Waals surface area contributed by atoms with E-state index in [2.05, 4.69) is 21.2 Å². The van der Waals surface area contributed by atoms with Gasteiger partial charge in [-0.15, -0.1) is 0 Å². The predicted octanol–water partition coefficient (Wildman–Crippen LogP) is 1.24. The van der Waals surface area contributed by atoms with E-state index in [9.17, 15) is 9.59 Å². The molecule has 0 fully saturated rings. The number of carbonyl (C=O) groups is 2. The molecule has 2 amide bonds. The van der Waals surface area contributed by atoms with Crippen molar-refractivity contribution in [3.05, 3.63) is 28.2 Å². The van der Waals surface area contributed by atoms with Crippen LogP contribution in [-0.2, 0) is 4.79 Å². The number of rotatable bonds is 4. The molecule has 18 heavy (non-hydrogen) atoms. The van der Waals surface area contributed by atoms with Crippen LogP contribution in [0, 0.1) is 0 Å². The zero-order chi connectivity index (χ0) is 13.7. The van der Waals surface area contributed by atoms with Crippen molar-refractivity contribution in [1.82, 2.24) is 10.2 Å². The molecule has 1 rings (SSSR count). The fourth-order valence-corrected chi connectivity index (χ4v) is 1.72. The molecule has 98 valence electrons. The molecule has 0 aliphatic rings. The monoisotopic (exact) mass is 313 g/mol. The maximum Gasteiger partial charge on any atom is 0.253 e. The van der Waals surface area contributed by atoms with Crippen LogP contribution in [0.15, 0.2) is 22.7 Å². The molecule has 0 saturated heterocycles. The fraction of sp³-hybridized carbons (Fsp3) is 0.333. The average Bonchev–Trinajstić information content (AvgIpc) is 2.28. The smallest absolute Gasteiger partial charge is 0.253 e. The zero-order valence-corrected chi connectivity index (χ0v) is 12.0. The maximum absolute atomic E-state index is 11.8. The second-order valence-corrected chi connectivity index (χ2v) is 4.94. The van der Waals surface area contributed by atoms with Gasteiger partial charge in [-0.2, -0.15) is 0 Å². The number of hydrogen-bond acceptors (Lipinski definition) is 3. The molecule has 0 saturated carbocycles. The molecule has 1 aromatic carbocycles. The van der Waals surface area contributed by atoms with Crippen LogP contribution in [0.5, 0.6) is 0 Å². The quantitative estimate of drug-likeness (QED) is 0.821. The lowest BCUT2D eigenvalue weighted by Crippen LogP contribution is -2.30. The van der Waals surface area contributed by atoms with E-state index in [-0.39, 0.29) is 18.2 Å². The number of halogens is 1. The van der Waals surface area contributed by atoms with Gasteiger partial charge in [-0.05, 0) is 18.2 Å². The number of amides is 2. The third kappa shape index (κ3) is 4.03. The average molecular weight is 314 g/mol. The van der Waals surface area contributed by atoms with Crippen molar-refractivity contribution in [2.75, 3.05) is 26.4 Å². The van der Waals surface area contributed by atoms with E-state index < -0.39 is 0 Å². The highest BCUT2D eigenvalue weighted by Crippen LogP contribution is 2.18. The third-order valence-corrected chi connectivity index (χ3v) is 2.87. The number of carbonyl (C=O) groups excluding carboxylic acids is 2. The van der Waals surface area contributed by atoms with Crippen LogP contribution < -0.4 is 11.1 Å². The summed E-state index contributed by atoms with van der Waals surface area (Å²) >= 11 is 3.27. The summed E-state index contributed by atoms with van der Waals surface area (Å²) in [5.41, 5.74) is 6.55. The lowest BCUT2D eigenvalue weighted by atomic mass is 10.1. The summed E-state index contributed by atoms with van der Waals surface area (Å²) in [5.74, 6) is -0.300. The summed E-state index contributed by atoms with van der Waals surface area (Å²) < 4.78 is 0.819. The van der Waals surface area contributed by atoms with Crippen LogP contribution in [0.3, 0.4) is 0 Å². The first-order valence-electron chi connectivity index (χ1n) is 5.45. The number of nitrogens with one attached hydrogen (secondary N) is 1.